The molecule has 0 saturated heterocycles. The zero-order chi connectivity index (χ0) is 12.3. The number of aromatic carboxylic acids is 1. The fraction of sp³-hybridized carbons (Fsp3) is 0. The molecule has 84 valence electrons. The second kappa shape index (κ2) is 4.19. The molecule has 1 aromatic carbocycles. The van der Waals surface area contributed by atoms with Gasteiger partial charge < -0.3 is 5.11 Å². The number of hydrogen-bond donors (Lipinski definition) is 2. The van der Waals surface area contributed by atoms with Crippen LogP contribution in [0.3, 0.4) is 0 Å². The molecular weight excluding hydrogens is 238 g/mol. The smallest absolute Gasteiger partial charge is 0.337 e. The van der Waals surface area contributed by atoms with Crippen molar-refractivity contribution in [3.63, 3.8) is 0 Å². The summed E-state index contributed by atoms with van der Waals surface area (Å²) in [7, 11) is -4.68. The van der Waals surface area contributed by atoms with Gasteiger partial charge in [-0.3, -0.25) is 4.55 Å². The zero-order valence-corrected chi connectivity index (χ0v) is 8.42. The highest BCUT2D eigenvalue weighted by molar-refractivity contribution is 7.86. The molecule has 0 radical (unpaired) electrons. The van der Waals surface area contributed by atoms with E-state index < -0.39 is 26.5 Å². The van der Waals surface area contributed by atoms with E-state index in [2.05, 4.69) is 10.0 Å². The van der Waals surface area contributed by atoms with Gasteiger partial charge in [-0.15, -0.1) is 0 Å². The van der Waals surface area contributed by atoms with Gasteiger partial charge in [0.15, 0.2) is 0 Å². The molecule has 0 atom stereocenters. The molecule has 0 heterocycles. The van der Waals surface area contributed by atoms with E-state index in [4.69, 9.17) is 15.2 Å². The van der Waals surface area contributed by atoms with Gasteiger partial charge in [-0.05, 0) is 17.7 Å². The van der Waals surface area contributed by atoms with Gasteiger partial charge in [0, 0.05) is 10.6 Å². The first-order chi connectivity index (χ1) is 7.36. The van der Waals surface area contributed by atoms with E-state index in [9.17, 15) is 13.2 Å². The monoisotopic (exact) mass is 243 g/mol. The lowest BCUT2D eigenvalue weighted by Crippen LogP contribution is -2.07. The maximum atomic E-state index is 10.9. The van der Waals surface area contributed by atoms with Crippen LogP contribution in [0.4, 0.5) is 5.69 Å². The van der Waals surface area contributed by atoms with Crippen molar-refractivity contribution in [2.24, 2.45) is 5.11 Å². The van der Waals surface area contributed by atoms with Crippen LogP contribution in [0, 0.1) is 0 Å². The van der Waals surface area contributed by atoms with E-state index >= 15 is 0 Å². The van der Waals surface area contributed by atoms with Crippen molar-refractivity contribution in [1.29, 1.82) is 0 Å². The quantitative estimate of drug-likeness (QED) is 0.358. The molecule has 0 amide bonds. The van der Waals surface area contributed by atoms with Crippen LogP contribution in [0.25, 0.3) is 10.4 Å². The topological polar surface area (TPSA) is 140 Å². The van der Waals surface area contributed by atoms with E-state index in [0.29, 0.717) is 0 Å². The molecule has 0 saturated carbocycles. The summed E-state index contributed by atoms with van der Waals surface area (Å²) in [6.45, 7) is 0. The summed E-state index contributed by atoms with van der Waals surface area (Å²) in [6.07, 6.45) is 0. The van der Waals surface area contributed by atoms with Crippen LogP contribution < -0.4 is 0 Å². The standard InChI is InChI=1S/C7H5N3O5S/c8-10-9-4-1-2-5(7(11)12)6(3-4)16(13,14)15/h1-3H,(H,11,12)(H,13,14,15). The van der Waals surface area contributed by atoms with Gasteiger partial charge in [0.05, 0.1) is 5.56 Å². The van der Waals surface area contributed by atoms with Crippen LogP contribution >= 0.6 is 0 Å². The maximum absolute atomic E-state index is 10.9. The molecule has 1 aromatic rings. The van der Waals surface area contributed by atoms with Crippen LogP contribution in [-0.2, 0) is 10.1 Å². The van der Waals surface area contributed by atoms with Crippen LogP contribution in [0.1, 0.15) is 10.4 Å². The Labute approximate surface area is 89.5 Å². The SMILES string of the molecule is [N-]=[N+]=Nc1ccc(C(=O)O)c(S(=O)(=O)O)c1. The van der Waals surface area contributed by atoms with E-state index in [1.54, 1.807) is 0 Å². The molecule has 2 N–H and O–H groups in total. The summed E-state index contributed by atoms with van der Waals surface area (Å²) in [4.78, 5) is 12.2. The third-order valence-corrected chi connectivity index (χ3v) is 2.53. The van der Waals surface area contributed by atoms with Crippen molar-refractivity contribution in [2.45, 2.75) is 4.90 Å². The first-order valence-electron chi connectivity index (χ1n) is 3.76. The summed E-state index contributed by atoms with van der Waals surface area (Å²) in [5.41, 5.74) is 7.41. The number of carboxylic acid groups (broad SMARTS) is 1. The van der Waals surface area contributed by atoms with Crippen molar-refractivity contribution < 1.29 is 22.9 Å². The fourth-order valence-corrected chi connectivity index (χ4v) is 1.72. The average molecular weight is 243 g/mol. The Morgan fingerprint density at radius 2 is 2.06 bits per heavy atom. The summed E-state index contributed by atoms with van der Waals surface area (Å²) in [6, 6.07) is 2.83. The maximum Gasteiger partial charge on any atom is 0.337 e. The summed E-state index contributed by atoms with van der Waals surface area (Å²) in [5, 5.41) is 11.8. The number of carbonyl (C=O) groups is 1. The van der Waals surface area contributed by atoms with Gasteiger partial charge in [-0.2, -0.15) is 8.42 Å². The van der Waals surface area contributed by atoms with Gasteiger partial charge in [0.2, 0.25) is 0 Å². The molecular formula is C7H5N3O5S. The third kappa shape index (κ3) is 2.48. The van der Waals surface area contributed by atoms with Gasteiger partial charge in [0.25, 0.3) is 10.1 Å². The molecule has 8 nitrogen and oxygen atoms in total. The largest absolute Gasteiger partial charge is 0.478 e. The Hall–Kier alpha value is -2.09. The molecule has 0 aromatic heterocycles. The number of carboxylic acids is 1. The summed E-state index contributed by atoms with van der Waals surface area (Å²) >= 11 is 0. The Bertz CT molecular complexity index is 588. The second-order valence-corrected chi connectivity index (χ2v) is 4.04. The lowest BCUT2D eigenvalue weighted by molar-refractivity contribution is 0.0692. The van der Waals surface area contributed by atoms with Crippen molar-refractivity contribution in [3.05, 3.63) is 34.2 Å². The van der Waals surface area contributed by atoms with E-state index in [0.717, 1.165) is 18.2 Å². The predicted octanol–water partition coefficient (Wildman–Crippen LogP) is 1.57. The molecule has 16 heavy (non-hydrogen) atoms. The van der Waals surface area contributed by atoms with Crippen LogP contribution in [0.2, 0.25) is 0 Å². The fourth-order valence-electron chi connectivity index (χ4n) is 1.01. The van der Waals surface area contributed by atoms with Crippen LogP contribution in [-0.4, -0.2) is 24.0 Å². The number of rotatable bonds is 3. The van der Waals surface area contributed by atoms with Gasteiger partial charge in [0.1, 0.15) is 4.90 Å². The molecule has 0 fully saturated rings. The van der Waals surface area contributed by atoms with Crippen molar-refractivity contribution in [2.75, 3.05) is 0 Å². The molecule has 1 rings (SSSR count). The number of nitrogens with zero attached hydrogens (tertiary/aromatic N) is 3. The molecule has 0 bridgehead atoms. The van der Waals surface area contributed by atoms with Crippen LogP contribution in [0.15, 0.2) is 28.2 Å². The third-order valence-electron chi connectivity index (χ3n) is 1.63. The minimum Gasteiger partial charge on any atom is -0.478 e. The Morgan fingerprint density at radius 3 is 2.50 bits per heavy atom. The van der Waals surface area contributed by atoms with E-state index in [1.807, 2.05) is 0 Å². The Balaban J connectivity index is 3.57. The molecule has 0 aliphatic carbocycles. The van der Waals surface area contributed by atoms with Gasteiger partial charge >= 0.3 is 5.97 Å². The van der Waals surface area contributed by atoms with E-state index in [-0.39, 0.29) is 5.69 Å². The van der Waals surface area contributed by atoms with Crippen LogP contribution in [0.5, 0.6) is 0 Å². The molecule has 0 spiro atoms. The second-order valence-electron chi connectivity index (χ2n) is 2.65. The Morgan fingerprint density at radius 1 is 1.44 bits per heavy atom. The number of benzene rings is 1. The van der Waals surface area contributed by atoms with Gasteiger partial charge in [-0.25, -0.2) is 4.79 Å². The summed E-state index contributed by atoms with van der Waals surface area (Å²) in [5.74, 6) is -1.51. The van der Waals surface area contributed by atoms with Gasteiger partial charge in [-0.1, -0.05) is 11.2 Å². The molecule has 0 aliphatic heterocycles. The first kappa shape index (κ1) is 12.0. The average Bonchev–Trinajstić information content (AvgIpc) is 2.16. The minimum absolute atomic E-state index is 0.111. The first-order valence-corrected chi connectivity index (χ1v) is 5.20. The van der Waals surface area contributed by atoms with E-state index in [1.165, 1.54) is 0 Å². The molecule has 0 aliphatic rings. The minimum atomic E-state index is -4.68. The molecule has 0 unspecified atom stereocenters. The predicted molar refractivity (Wildman–Crippen MR) is 52.0 cm³/mol. The number of azide groups is 1. The highest BCUT2D eigenvalue weighted by atomic mass is 32.2. The van der Waals surface area contributed by atoms with Crippen molar-refractivity contribution in [3.8, 4) is 0 Å². The molecule has 9 heteroatoms. The Kier molecular flexibility index (Phi) is 3.14. The lowest BCUT2D eigenvalue weighted by Gasteiger charge is -2.03. The van der Waals surface area contributed by atoms with Crippen molar-refractivity contribution >= 4 is 21.8 Å². The highest BCUT2D eigenvalue weighted by Gasteiger charge is 2.20. The summed E-state index contributed by atoms with van der Waals surface area (Å²) < 4.78 is 30.5. The lowest BCUT2D eigenvalue weighted by atomic mass is 10.2. The van der Waals surface area contributed by atoms with Crippen molar-refractivity contribution in [1.82, 2.24) is 0 Å². The normalized spacial score (nSPS) is 10.6. The zero-order valence-electron chi connectivity index (χ0n) is 7.60. The highest BCUT2D eigenvalue weighted by Crippen LogP contribution is 2.22. The number of hydrogen-bond acceptors (Lipinski definition) is 4.